The Morgan fingerprint density at radius 2 is 2.00 bits per heavy atom. The van der Waals surface area contributed by atoms with Gasteiger partial charge in [-0.25, -0.2) is 4.39 Å². The minimum absolute atomic E-state index is 0.0323. The number of hydrogen-bond donors (Lipinski definition) is 2. The Morgan fingerprint density at radius 1 is 1.30 bits per heavy atom. The summed E-state index contributed by atoms with van der Waals surface area (Å²) in [4.78, 5) is 1.83. The Labute approximate surface area is 117 Å². The lowest BCUT2D eigenvalue weighted by Crippen LogP contribution is -2.39. The van der Waals surface area contributed by atoms with Crippen LogP contribution in [0, 0.1) is 22.6 Å². The van der Waals surface area contributed by atoms with Crippen molar-refractivity contribution in [3.8, 4) is 6.07 Å². The van der Waals surface area contributed by atoms with Gasteiger partial charge in [-0.05, 0) is 31.4 Å². The van der Waals surface area contributed by atoms with Crippen LogP contribution in [0.2, 0.25) is 0 Å². The number of benzene rings is 1. The van der Waals surface area contributed by atoms with E-state index in [4.69, 9.17) is 10.7 Å². The smallest absolute Gasteiger partial charge is 0.202 e. The number of hydrazone groups is 1. The Bertz CT molecular complexity index is 555. The second-order valence-electron chi connectivity index (χ2n) is 4.56. The first-order chi connectivity index (χ1) is 9.72. The molecule has 1 aliphatic heterocycles. The van der Waals surface area contributed by atoms with Gasteiger partial charge in [-0.1, -0.05) is 12.1 Å². The lowest BCUT2D eigenvalue weighted by molar-refractivity contribution is 0.344. The number of para-hydroxylation sites is 1. The van der Waals surface area contributed by atoms with Gasteiger partial charge in [0.15, 0.2) is 5.84 Å². The summed E-state index contributed by atoms with van der Waals surface area (Å²) < 4.78 is 13.4. The molecule has 1 heterocycles. The molecular weight excluding hydrogens is 257 g/mol. The van der Waals surface area contributed by atoms with Crippen LogP contribution >= 0.6 is 0 Å². The number of nitrogens with one attached hydrogen (secondary N) is 2. The summed E-state index contributed by atoms with van der Waals surface area (Å²) in [6.07, 6.45) is 3.18. The van der Waals surface area contributed by atoms with E-state index in [0.29, 0.717) is 0 Å². The average molecular weight is 273 g/mol. The molecule has 0 radical (unpaired) electrons. The highest BCUT2D eigenvalue weighted by molar-refractivity contribution is 6.46. The minimum atomic E-state index is -0.446. The molecule has 6 heteroatoms. The van der Waals surface area contributed by atoms with E-state index < -0.39 is 5.82 Å². The first-order valence-corrected chi connectivity index (χ1v) is 6.54. The number of hydrogen-bond acceptors (Lipinski definition) is 4. The van der Waals surface area contributed by atoms with Crippen molar-refractivity contribution in [1.82, 2.24) is 4.90 Å². The number of anilines is 1. The van der Waals surface area contributed by atoms with Crippen LogP contribution in [-0.2, 0) is 0 Å². The van der Waals surface area contributed by atoms with E-state index in [9.17, 15) is 4.39 Å². The molecule has 0 aliphatic carbocycles. The normalized spacial score (nSPS) is 15.6. The van der Waals surface area contributed by atoms with Gasteiger partial charge in [-0.15, -0.1) is 0 Å². The molecule has 1 aromatic rings. The highest BCUT2D eigenvalue weighted by Crippen LogP contribution is 2.13. The second-order valence-corrected chi connectivity index (χ2v) is 4.56. The number of rotatable bonds is 3. The van der Waals surface area contributed by atoms with Gasteiger partial charge in [0.25, 0.3) is 0 Å². The Morgan fingerprint density at radius 3 is 2.65 bits per heavy atom. The van der Waals surface area contributed by atoms with Crippen molar-refractivity contribution < 1.29 is 4.39 Å². The van der Waals surface area contributed by atoms with Crippen molar-refractivity contribution in [3.05, 3.63) is 30.1 Å². The van der Waals surface area contributed by atoms with Gasteiger partial charge in [0.1, 0.15) is 11.9 Å². The number of halogens is 1. The van der Waals surface area contributed by atoms with Crippen LogP contribution < -0.4 is 5.43 Å². The Balaban J connectivity index is 2.08. The van der Waals surface area contributed by atoms with Crippen LogP contribution in [-0.4, -0.2) is 29.5 Å². The third-order valence-corrected chi connectivity index (χ3v) is 3.16. The number of nitriles is 1. The van der Waals surface area contributed by atoms with E-state index in [1.165, 1.54) is 12.1 Å². The summed E-state index contributed by atoms with van der Waals surface area (Å²) in [5.74, 6) is -0.353. The first kappa shape index (κ1) is 14.0. The third kappa shape index (κ3) is 3.32. The number of amidine groups is 1. The average Bonchev–Trinajstić information content (AvgIpc) is 2.50. The van der Waals surface area contributed by atoms with Gasteiger partial charge in [-0.2, -0.15) is 10.4 Å². The molecule has 2 N–H and O–H groups in total. The fourth-order valence-electron chi connectivity index (χ4n) is 2.07. The van der Waals surface area contributed by atoms with Crippen LogP contribution in [0.4, 0.5) is 10.1 Å². The number of piperidine rings is 1. The molecule has 0 bridgehead atoms. The Hall–Kier alpha value is -2.42. The monoisotopic (exact) mass is 273 g/mol. The zero-order valence-corrected chi connectivity index (χ0v) is 11.1. The maximum Gasteiger partial charge on any atom is 0.202 e. The van der Waals surface area contributed by atoms with Crippen molar-refractivity contribution in [2.24, 2.45) is 5.10 Å². The summed E-state index contributed by atoms with van der Waals surface area (Å²) in [7, 11) is 0. The van der Waals surface area contributed by atoms with Gasteiger partial charge < -0.3 is 4.90 Å². The highest BCUT2D eigenvalue weighted by Gasteiger charge is 2.18. The molecule has 20 heavy (non-hydrogen) atoms. The third-order valence-electron chi connectivity index (χ3n) is 3.16. The van der Waals surface area contributed by atoms with Crippen molar-refractivity contribution in [1.29, 1.82) is 10.7 Å². The molecule has 0 aromatic heterocycles. The molecule has 0 spiro atoms. The zero-order valence-electron chi connectivity index (χ0n) is 11.1. The fourth-order valence-corrected chi connectivity index (χ4v) is 2.07. The molecule has 104 valence electrons. The zero-order chi connectivity index (χ0) is 14.4. The molecule has 0 saturated carbocycles. The van der Waals surface area contributed by atoms with E-state index in [2.05, 4.69) is 10.5 Å². The van der Waals surface area contributed by atoms with Gasteiger partial charge in [0.2, 0.25) is 5.71 Å². The van der Waals surface area contributed by atoms with Gasteiger partial charge >= 0.3 is 0 Å². The summed E-state index contributed by atoms with van der Waals surface area (Å²) >= 11 is 0. The van der Waals surface area contributed by atoms with E-state index in [0.717, 1.165) is 32.4 Å². The van der Waals surface area contributed by atoms with Crippen molar-refractivity contribution >= 4 is 17.2 Å². The lowest BCUT2D eigenvalue weighted by atomic mass is 10.1. The second kappa shape index (κ2) is 6.66. The quantitative estimate of drug-likeness (QED) is 0.505. The SMILES string of the molecule is N#C/C(=N/Nc1ccccc1F)C(=N)N1CCCCC1. The van der Waals surface area contributed by atoms with Crippen molar-refractivity contribution in [3.63, 3.8) is 0 Å². The predicted molar refractivity (Wildman–Crippen MR) is 76.2 cm³/mol. The predicted octanol–water partition coefficient (Wildman–Crippen LogP) is 2.58. The lowest BCUT2D eigenvalue weighted by Gasteiger charge is -2.27. The highest BCUT2D eigenvalue weighted by atomic mass is 19.1. The molecule has 1 saturated heterocycles. The van der Waals surface area contributed by atoms with Crippen LogP contribution in [0.15, 0.2) is 29.4 Å². The van der Waals surface area contributed by atoms with Crippen LogP contribution in [0.3, 0.4) is 0 Å². The largest absolute Gasteiger partial charge is 0.355 e. The summed E-state index contributed by atoms with van der Waals surface area (Å²) in [6.45, 7) is 1.53. The van der Waals surface area contributed by atoms with Gasteiger partial charge in [0.05, 0.1) is 5.69 Å². The van der Waals surface area contributed by atoms with E-state index >= 15 is 0 Å². The summed E-state index contributed by atoms with van der Waals surface area (Å²) in [5.41, 5.74) is 2.66. The molecular formula is C14H16FN5. The first-order valence-electron chi connectivity index (χ1n) is 6.54. The van der Waals surface area contributed by atoms with Crippen molar-refractivity contribution in [2.75, 3.05) is 18.5 Å². The summed E-state index contributed by atoms with van der Waals surface area (Å²) in [6, 6.07) is 7.96. The van der Waals surface area contributed by atoms with E-state index in [1.807, 2.05) is 11.0 Å². The Kier molecular flexibility index (Phi) is 4.66. The number of likely N-dealkylation sites (tertiary alicyclic amines) is 1. The van der Waals surface area contributed by atoms with E-state index in [1.54, 1.807) is 12.1 Å². The minimum Gasteiger partial charge on any atom is -0.355 e. The molecule has 1 aliphatic rings. The van der Waals surface area contributed by atoms with Gasteiger partial charge in [-0.3, -0.25) is 10.8 Å². The maximum atomic E-state index is 13.4. The molecule has 1 fully saturated rings. The maximum absolute atomic E-state index is 13.4. The van der Waals surface area contributed by atoms with Crippen LogP contribution in [0.25, 0.3) is 0 Å². The molecule has 1 aromatic carbocycles. The molecule has 0 atom stereocenters. The molecule has 0 amide bonds. The molecule has 5 nitrogen and oxygen atoms in total. The van der Waals surface area contributed by atoms with E-state index in [-0.39, 0.29) is 17.2 Å². The van der Waals surface area contributed by atoms with Crippen LogP contribution in [0.1, 0.15) is 19.3 Å². The fraction of sp³-hybridized carbons (Fsp3) is 0.357. The van der Waals surface area contributed by atoms with Gasteiger partial charge in [0, 0.05) is 13.1 Å². The van der Waals surface area contributed by atoms with Crippen molar-refractivity contribution in [2.45, 2.75) is 19.3 Å². The van der Waals surface area contributed by atoms with Crippen LogP contribution in [0.5, 0.6) is 0 Å². The standard InChI is InChI=1S/C14H16FN5/c15-11-6-2-3-7-12(11)18-19-13(10-16)14(17)20-8-4-1-5-9-20/h2-3,6-7,17-18H,1,4-5,8-9H2/b17-14?,19-13-. The summed E-state index contributed by atoms with van der Waals surface area (Å²) in [5, 5.41) is 20.9. The molecule has 0 unspecified atom stereocenters. The number of nitrogens with zero attached hydrogens (tertiary/aromatic N) is 3. The molecule has 2 rings (SSSR count). The topological polar surface area (TPSA) is 75.3 Å².